The van der Waals surface area contributed by atoms with Crippen molar-refractivity contribution < 1.29 is 9.59 Å². The maximum atomic E-state index is 12.2. The molecule has 1 saturated heterocycles. The molecule has 110 valence electrons. The number of aromatic nitrogens is 1. The molecule has 2 amide bonds. The first-order valence-electron chi connectivity index (χ1n) is 6.72. The predicted octanol–water partition coefficient (Wildman–Crippen LogP) is 0.562. The molecule has 1 fully saturated rings. The quantitative estimate of drug-likeness (QED) is 0.853. The van der Waals surface area contributed by atoms with Gasteiger partial charge in [0.15, 0.2) is 0 Å². The number of hydrogen-bond acceptors (Lipinski definition) is 3. The fourth-order valence-corrected chi connectivity index (χ4v) is 2.39. The maximum Gasteiger partial charge on any atom is 0.270 e. The van der Waals surface area contributed by atoms with Crippen LogP contribution in [0.5, 0.6) is 0 Å². The van der Waals surface area contributed by atoms with Gasteiger partial charge in [0.1, 0.15) is 5.69 Å². The van der Waals surface area contributed by atoms with E-state index < -0.39 is 0 Å². The molecule has 2 heterocycles. The zero-order valence-corrected chi connectivity index (χ0v) is 12.2. The third-order valence-corrected chi connectivity index (χ3v) is 3.50. The number of nitrogens with one attached hydrogen (secondary N) is 2. The van der Waals surface area contributed by atoms with E-state index in [-0.39, 0.29) is 11.8 Å². The second kappa shape index (κ2) is 6.76. The molecule has 1 aromatic rings. The van der Waals surface area contributed by atoms with Gasteiger partial charge in [0.25, 0.3) is 5.91 Å². The smallest absolute Gasteiger partial charge is 0.270 e. The van der Waals surface area contributed by atoms with E-state index in [0.717, 1.165) is 0 Å². The summed E-state index contributed by atoms with van der Waals surface area (Å²) in [4.78, 5) is 30.4. The molecule has 0 spiro atoms. The number of halogens is 1. The number of hydrogen-bond donors (Lipinski definition) is 2. The Morgan fingerprint density at radius 2 is 2.05 bits per heavy atom. The summed E-state index contributed by atoms with van der Waals surface area (Å²) in [6.07, 6.45) is 1.60. The summed E-state index contributed by atoms with van der Waals surface area (Å²) in [5.74, 6) is -0.0158. The summed E-state index contributed by atoms with van der Waals surface area (Å²) in [7, 11) is 0. The van der Waals surface area contributed by atoms with Crippen LogP contribution in [0.3, 0.4) is 0 Å². The molecule has 1 aromatic heterocycles. The number of carbonyl (C=O) groups is 2. The largest absolute Gasteiger partial charge is 0.356 e. The van der Waals surface area contributed by atoms with Crippen molar-refractivity contribution in [3.05, 3.63) is 23.0 Å². The molecule has 1 aliphatic rings. The van der Waals surface area contributed by atoms with Gasteiger partial charge in [-0.1, -0.05) is 11.6 Å². The van der Waals surface area contributed by atoms with Crippen LogP contribution in [-0.2, 0) is 4.79 Å². The second-order valence-electron chi connectivity index (χ2n) is 4.75. The van der Waals surface area contributed by atoms with Crippen molar-refractivity contribution in [2.45, 2.75) is 6.92 Å². The molecule has 0 saturated carbocycles. The minimum Gasteiger partial charge on any atom is -0.356 e. The first-order valence-corrected chi connectivity index (χ1v) is 7.10. The maximum absolute atomic E-state index is 12.2. The molecule has 0 bridgehead atoms. The van der Waals surface area contributed by atoms with E-state index in [4.69, 9.17) is 11.6 Å². The molecule has 6 nitrogen and oxygen atoms in total. The van der Waals surface area contributed by atoms with E-state index in [1.807, 2.05) is 6.92 Å². The monoisotopic (exact) mass is 298 g/mol. The molecule has 0 unspecified atom stereocenters. The Morgan fingerprint density at radius 1 is 1.35 bits per heavy atom. The summed E-state index contributed by atoms with van der Waals surface area (Å²) in [5.41, 5.74) is 0.507. The van der Waals surface area contributed by atoms with Gasteiger partial charge in [0.2, 0.25) is 5.91 Å². The molecule has 0 aromatic carbocycles. The fraction of sp³-hybridized carbons (Fsp3) is 0.538. The highest BCUT2D eigenvalue weighted by Crippen LogP contribution is 2.13. The van der Waals surface area contributed by atoms with Gasteiger partial charge in [0, 0.05) is 38.9 Å². The van der Waals surface area contributed by atoms with Crippen LogP contribution in [-0.4, -0.2) is 65.9 Å². The van der Waals surface area contributed by atoms with Crippen molar-refractivity contribution in [1.29, 1.82) is 0 Å². The van der Waals surface area contributed by atoms with Gasteiger partial charge in [-0.3, -0.25) is 14.5 Å². The van der Waals surface area contributed by atoms with Crippen molar-refractivity contribution in [1.82, 2.24) is 20.1 Å². The summed E-state index contributed by atoms with van der Waals surface area (Å²) in [6, 6.07) is 1.63. The van der Waals surface area contributed by atoms with Crippen LogP contribution in [0, 0.1) is 0 Å². The number of likely N-dealkylation sites (N-methyl/N-ethyl adjacent to an activating group) is 1. The summed E-state index contributed by atoms with van der Waals surface area (Å²) >= 11 is 5.80. The molecule has 20 heavy (non-hydrogen) atoms. The summed E-state index contributed by atoms with van der Waals surface area (Å²) in [5, 5.41) is 3.31. The minimum atomic E-state index is -0.0467. The van der Waals surface area contributed by atoms with Gasteiger partial charge in [-0.15, -0.1) is 0 Å². The van der Waals surface area contributed by atoms with E-state index in [1.54, 1.807) is 17.2 Å². The van der Waals surface area contributed by atoms with Crippen molar-refractivity contribution in [3.8, 4) is 0 Å². The van der Waals surface area contributed by atoms with Crippen LogP contribution < -0.4 is 5.32 Å². The molecular formula is C13H19ClN4O2. The summed E-state index contributed by atoms with van der Waals surface area (Å²) in [6.45, 7) is 5.59. The van der Waals surface area contributed by atoms with Crippen molar-refractivity contribution >= 4 is 23.4 Å². The Balaban J connectivity index is 1.82. The topological polar surface area (TPSA) is 68.4 Å². The highest BCUT2D eigenvalue weighted by atomic mass is 35.5. The lowest BCUT2D eigenvalue weighted by molar-refractivity contribution is -0.122. The summed E-state index contributed by atoms with van der Waals surface area (Å²) < 4.78 is 0. The van der Waals surface area contributed by atoms with E-state index >= 15 is 0 Å². The number of H-pyrrole nitrogens is 1. The van der Waals surface area contributed by atoms with Crippen LogP contribution in [0.15, 0.2) is 12.3 Å². The van der Waals surface area contributed by atoms with Gasteiger partial charge < -0.3 is 15.2 Å². The molecule has 7 heteroatoms. The number of piperazine rings is 1. The highest BCUT2D eigenvalue weighted by molar-refractivity contribution is 6.30. The van der Waals surface area contributed by atoms with Gasteiger partial charge in [-0.25, -0.2) is 0 Å². The minimum absolute atomic E-state index is 0.0310. The SMILES string of the molecule is CCNC(=O)CN1CCN(C(=O)c2cc(Cl)c[nH]2)CC1. The Bertz CT molecular complexity index is 480. The van der Waals surface area contributed by atoms with E-state index in [9.17, 15) is 9.59 Å². The van der Waals surface area contributed by atoms with Crippen LogP contribution >= 0.6 is 11.6 Å². The zero-order chi connectivity index (χ0) is 14.5. The Hall–Kier alpha value is -1.53. The average Bonchev–Trinajstić information content (AvgIpc) is 2.86. The van der Waals surface area contributed by atoms with Crippen LogP contribution in [0.2, 0.25) is 5.02 Å². The number of nitrogens with zero attached hydrogens (tertiary/aromatic N) is 2. The van der Waals surface area contributed by atoms with E-state index in [1.165, 1.54) is 0 Å². The standard InChI is InChI=1S/C13H19ClN4O2/c1-2-15-12(19)9-17-3-5-18(6-4-17)13(20)11-7-10(14)8-16-11/h7-8,16H,2-6,9H2,1H3,(H,15,19). The lowest BCUT2D eigenvalue weighted by atomic mass is 10.2. The molecule has 1 aliphatic heterocycles. The van der Waals surface area contributed by atoms with Crippen LogP contribution in [0.4, 0.5) is 0 Å². The first kappa shape index (κ1) is 14.9. The molecule has 0 radical (unpaired) electrons. The number of aromatic amines is 1. The molecular weight excluding hydrogens is 280 g/mol. The number of carbonyl (C=O) groups excluding carboxylic acids is 2. The van der Waals surface area contributed by atoms with Crippen LogP contribution in [0.25, 0.3) is 0 Å². The van der Waals surface area contributed by atoms with E-state index in [2.05, 4.69) is 15.2 Å². The number of rotatable bonds is 4. The molecule has 0 aliphatic carbocycles. The molecule has 2 rings (SSSR count). The normalized spacial score (nSPS) is 16.2. The predicted molar refractivity (Wildman–Crippen MR) is 76.8 cm³/mol. The lowest BCUT2D eigenvalue weighted by Crippen LogP contribution is -2.51. The average molecular weight is 299 g/mol. The van der Waals surface area contributed by atoms with Gasteiger partial charge in [-0.2, -0.15) is 0 Å². The Labute approximate surface area is 123 Å². The molecule has 0 atom stereocenters. The van der Waals surface area contributed by atoms with Crippen molar-refractivity contribution in [3.63, 3.8) is 0 Å². The Kier molecular flexibility index (Phi) is 5.03. The second-order valence-corrected chi connectivity index (χ2v) is 5.19. The lowest BCUT2D eigenvalue weighted by Gasteiger charge is -2.34. The van der Waals surface area contributed by atoms with Crippen molar-refractivity contribution in [2.75, 3.05) is 39.3 Å². The van der Waals surface area contributed by atoms with E-state index in [0.29, 0.717) is 50.0 Å². The first-order chi connectivity index (χ1) is 9.60. The Morgan fingerprint density at radius 3 is 2.60 bits per heavy atom. The van der Waals surface area contributed by atoms with Gasteiger partial charge >= 0.3 is 0 Å². The fourth-order valence-electron chi connectivity index (χ4n) is 2.23. The van der Waals surface area contributed by atoms with Gasteiger partial charge in [-0.05, 0) is 13.0 Å². The zero-order valence-electron chi connectivity index (χ0n) is 11.5. The van der Waals surface area contributed by atoms with Crippen molar-refractivity contribution in [2.24, 2.45) is 0 Å². The molecule has 2 N–H and O–H groups in total. The third-order valence-electron chi connectivity index (χ3n) is 3.28. The number of amides is 2. The third kappa shape index (κ3) is 3.74. The van der Waals surface area contributed by atoms with Gasteiger partial charge in [0.05, 0.1) is 11.6 Å². The highest BCUT2D eigenvalue weighted by Gasteiger charge is 2.23. The van der Waals surface area contributed by atoms with Crippen LogP contribution in [0.1, 0.15) is 17.4 Å².